The van der Waals surface area contributed by atoms with Gasteiger partial charge in [0, 0.05) is 59.0 Å². The number of nitrogens with zero attached hydrogens (tertiary/aromatic N) is 2. The summed E-state index contributed by atoms with van der Waals surface area (Å²) in [6.07, 6.45) is 1.56. The highest BCUT2D eigenvalue weighted by Crippen LogP contribution is 2.13. The number of piperazine rings is 1. The first-order valence-corrected chi connectivity index (χ1v) is 8.08. The second kappa shape index (κ2) is 7.36. The van der Waals surface area contributed by atoms with Gasteiger partial charge in [-0.15, -0.1) is 0 Å². The number of methoxy groups -OCH3 is 1. The van der Waals surface area contributed by atoms with E-state index in [4.69, 9.17) is 4.74 Å². The highest BCUT2D eigenvalue weighted by Gasteiger charge is 2.26. The molecule has 4 heteroatoms. The first-order valence-electron chi connectivity index (χ1n) is 8.08. The van der Waals surface area contributed by atoms with Crippen LogP contribution in [0.5, 0.6) is 0 Å². The SMILES string of the molecule is COC1CNC(CN2CCN(Cc3ccccc3)CC2)C1. The van der Waals surface area contributed by atoms with Crippen LogP contribution in [0.2, 0.25) is 0 Å². The molecule has 2 aliphatic heterocycles. The third-order valence-corrected chi connectivity index (χ3v) is 4.71. The molecule has 3 rings (SSSR count). The van der Waals surface area contributed by atoms with E-state index in [-0.39, 0.29) is 0 Å². The molecule has 21 heavy (non-hydrogen) atoms. The van der Waals surface area contributed by atoms with Crippen molar-refractivity contribution in [3.8, 4) is 0 Å². The van der Waals surface area contributed by atoms with Crippen LogP contribution >= 0.6 is 0 Å². The van der Waals surface area contributed by atoms with E-state index < -0.39 is 0 Å². The zero-order valence-electron chi connectivity index (χ0n) is 13.0. The molecule has 1 N–H and O–H groups in total. The van der Waals surface area contributed by atoms with Gasteiger partial charge in [0.05, 0.1) is 6.10 Å². The zero-order valence-corrected chi connectivity index (χ0v) is 13.0. The Morgan fingerprint density at radius 2 is 1.81 bits per heavy atom. The van der Waals surface area contributed by atoms with Crippen LogP contribution in [0, 0.1) is 0 Å². The molecule has 2 unspecified atom stereocenters. The van der Waals surface area contributed by atoms with Crippen molar-refractivity contribution in [2.24, 2.45) is 0 Å². The summed E-state index contributed by atoms with van der Waals surface area (Å²) in [6, 6.07) is 11.4. The number of hydrogen-bond acceptors (Lipinski definition) is 4. The molecular weight excluding hydrogens is 262 g/mol. The van der Waals surface area contributed by atoms with Crippen molar-refractivity contribution in [1.82, 2.24) is 15.1 Å². The molecule has 2 heterocycles. The van der Waals surface area contributed by atoms with E-state index in [1.807, 2.05) is 7.11 Å². The third kappa shape index (κ3) is 4.27. The van der Waals surface area contributed by atoms with Crippen molar-refractivity contribution in [2.45, 2.75) is 25.1 Å². The van der Waals surface area contributed by atoms with Crippen molar-refractivity contribution >= 4 is 0 Å². The standard InChI is InChI=1S/C17H27N3O/c1-21-17-11-16(18-12-17)14-20-9-7-19(8-10-20)13-15-5-3-2-4-6-15/h2-6,16-18H,7-14H2,1H3. The summed E-state index contributed by atoms with van der Waals surface area (Å²) in [5.41, 5.74) is 1.42. The van der Waals surface area contributed by atoms with E-state index in [2.05, 4.69) is 45.4 Å². The van der Waals surface area contributed by atoms with Crippen molar-refractivity contribution in [3.05, 3.63) is 35.9 Å². The topological polar surface area (TPSA) is 27.7 Å². The van der Waals surface area contributed by atoms with Gasteiger partial charge in [0.15, 0.2) is 0 Å². The van der Waals surface area contributed by atoms with Crippen molar-refractivity contribution < 1.29 is 4.74 Å². The predicted octanol–water partition coefficient (Wildman–Crippen LogP) is 1.18. The van der Waals surface area contributed by atoms with Crippen LogP contribution in [-0.2, 0) is 11.3 Å². The summed E-state index contributed by atoms with van der Waals surface area (Å²) in [5, 5.41) is 3.58. The fourth-order valence-electron chi connectivity index (χ4n) is 3.38. The quantitative estimate of drug-likeness (QED) is 0.881. The Balaban J connectivity index is 1.39. The third-order valence-electron chi connectivity index (χ3n) is 4.71. The summed E-state index contributed by atoms with van der Waals surface area (Å²) >= 11 is 0. The molecule has 2 atom stereocenters. The van der Waals surface area contributed by atoms with Gasteiger partial charge in [0.1, 0.15) is 0 Å². The molecule has 0 aromatic heterocycles. The van der Waals surface area contributed by atoms with Gasteiger partial charge < -0.3 is 10.1 Å². The molecule has 1 aromatic rings. The summed E-state index contributed by atoms with van der Waals surface area (Å²) in [6.45, 7) is 7.98. The van der Waals surface area contributed by atoms with E-state index in [0.29, 0.717) is 12.1 Å². The Kier molecular flexibility index (Phi) is 5.25. The van der Waals surface area contributed by atoms with E-state index in [1.54, 1.807) is 0 Å². The molecule has 116 valence electrons. The molecule has 0 aliphatic carbocycles. The van der Waals surface area contributed by atoms with Crippen molar-refractivity contribution in [3.63, 3.8) is 0 Å². The fourth-order valence-corrected chi connectivity index (χ4v) is 3.38. The average Bonchev–Trinajstić information content (AvgIpc) is 2.98. The lowest BCUT2D eigenvalue weighted by molar-refractivity contribution is 0.105. The van der Waals surface area contributed by atoms with Crippen LogP contribution in [0.15, 0.2) is 30.3 Å². The highest BCUT2D eigenvalue weighted by molar-refractivity contribution is 5.14. The van der Waals surface area contributed by atoms with Gasteiger partial charge >= 0.3 is 0 Å². The van der Waals surface area contributed by atoms with E-state index in [1.165, 1.54) is 38.3 Å². The van der Waals surface area contributed by atoms with Gasteiger partial charge in [-0.25, -0.2) is 0 Å². The lowest BCUT2D eigenvalue weighted by Crippen LogP contribution is -2.49. The van der Waals surface area contributed by atoms with Gasteiger partial charge in [-0.1, -0.05) is 30.3 Å². The average molecular weight is 289 g/mol. The molecular formula is C17H27N3O. The summed E-state index contributed by atoms with van der Waals surface area (Å²) in [5.74, 6) is 0. The van der Waals surface area contributed by atoms with Gasteiger partial charge in [0.25, 0.3) is 0 Å². The maximum Gasteiger partial charge on any atom is 0.0711 e. The first kappa shape index (κ1) is 15.0. The van der Waals surface area contributed by atoms with Gasteiger partial charge in [-0.2, -0.15) is 0 Å². The Hall–Kier alpha value is -0.940. The highest BCUT2D eigenvalue weighted by atomic mass is 16.5. The normalized spacial score (nSPS) is 28.0. The molecule has 2 aliphatic rings. The van der Waals surface area contributed by atoms with Crippen LogP contribution in [0.3, 0.4) is 0 Å². The second-order valence-electron chi connectivity index (χ2n) is 6.26. The second-order valence-corrected chi connectivity index (χ2v) is 6.26. The Labute approximate surface area is 128 Å². The Bertz CT molecular complexity index is 417. The number of benzene rings is 1. The molecule has 0 spiro atoms. The molecule has 1 aromatic carbocycles. The Morgan fingerprint density at radius 1 is 1.10 bits per heavy atom. The summed E-state index contributed by atoms with van der Waals surface area (Å²) in [7, 11) is 1.82. The fraction of sp³-hybridized carbons (Fsp3) is 0.647. The van der Waals surface area contributed by atoms with Crippen LogP contribution in [-0.4, -0.2) is 68.3 Å². The summed E-state index contributed by atoms with van der Waals surface area (Å²) in [4.78, 5) is 5.16. The molecule has 2 fully saturated rings. The van der Waals surface area contributed by atoms with Gasteiger partial charge in [-0.3, -0.25) is 9.80 Å². The van der Waals surface area contributed by atoms with E-state index in [9.17, 15) is 0 Å². The molecule has 2 saturated heterocycles. The lowest BCUT2D eigenvalue weighted by Gasteiger charge is -2.36. The van der Waals surface area contributed by atoms with Crippen LogP contribution in [0.1, 0.15) is 12.0 Å². The maximum absolute atomic E-state index is 5.42. The predicted molar refractivity (Wildman–Crippen MR) is 85.4 cm³/mol. The van der Waals surface area contributed by atoms with Crippen LogP contribution in [0.25, 0.3) is 0 Å². The van der Waals surface area contributed by atoms with Crippen LogP contribution < -0.4 is 5.32 Å². The van der Waals surface area contributed by atoms with Crippen molar-refractivity contribution in [2.75, 3.05) is 46.4 Å². The maximum atomic E-state index is 5.42. The minimum atomic E-state index is 0.411. The number of nitrogens with one attached hydrogen (secondary N) is 1. The number of hydrogen-bond donors (Lipinski definition) is 1. The Morgan fingerprint density at radius 3 is 2.48 bits per heavy atom. The van der Waals surface area contributed by atoms with Crippen LogP contribution in [0.4, 0.5) is 0 Å². The van der Waals surface area contributed by atoms with Gasteiger partial charge in [0.2, 0.25) is 0 Å². The van der Waals surface area contributed by atoms with E-state index >= 15 is 0 Å². The molecule has 0 radical (unpaired) electrons. The molecule has 4 nitrogen and oxygen atoms in total. The number of ether oxygens (including phenoxy) is 1. The monoisotopic (exact) mass is 289 g/mol. The lowest BCUT2D eigenvalue weighted by atomic mass is 10.1. The smallest absolute Gasteiger partial charge is 0.0711 e. The van der Waals surface area contributed by atoms with Gasteiger partial charge in [-0.05, 0) is 12.0 Å². The number of rotatable bonds is 5. The molecule has 0 saturated carbocycles. The largest absolute Gasteiger partial charge is 0.380 e. The minimum Gasteiger partial charge on any atom is -0.380 e. The minimum absolute atomic E-state index is 0.411. The summed E-state index contributed by atoms with van der Waals surface area (Å²) < 4.78 is 5.42. The zero-order chi connectivity index (χ0) is 14.5. The first-order chi connectivity index (χ1) is 10.3. The molecule has 0 bridgehead atoms. The van der Waals surface area contributed by atoms with Crippen molar-refractivity contribution in [1.29, 1.82) is 0 Å². The van der Waals surface area contributed by atoms with E-state index in [0.717, 1.165) is 19.5 Å². The molecule has 0 amide bonds.